The van der Waals surface area contributed by atoms with Crippen LogP contribution in [0.3, 0.4) is 0 Å². The van der Waals surface area contributed by atoms with Gasteiger partial charge in [-0.05, 0) is 36.1 Å². The number of benzene rings is 1. The van der Waals surface area contributed by atoms with Crippen molar-refractivity contribution < 1.29 is 10.2 Å². The van der Waals surface area contributed by atoms with Crippen LogP contribution in [0, 0.1) is 0 Å². The molecular formula is C10H14N2O2. The van der Waals surface area contributed by atoms with Crippen molar-refractivity contribution in [2.45, 2.75) is 24.9 Å². The minimum absolute atomic E-state index is 0.0784. The fourth-order valence-corrected chi connectivity index (χ4v) is 1.87. The Labute approximate surface area is 82.2 Å². The molecule has 0 unspecified atom stereocenters. The average Bonchev–Trinajstić information content (AvgIpc) is 2.07. The molecule has 1 aromatic rings. The maximum atomic E-state index is 9.31. The highest BCUT2D eigenvalue weighted by Crippen LogP contribution is 2.33. The summed E-state index contributed by atoms with van der Waals surface area (Å²) in [6.07, 6.45) is 1.98. The predicted octanol–water partition coefficient (Wildman–Crippen LogP) is 0.200. The van der Waals surface area contributed by atoms with Gasteiger partial charge in [0.1, 0.15) is 0 Å². The molecule has 0 fully saturated rings. The third kappa shape index (κ3) is 1.54. The van der Waals surface area contributed by atoms with Gasteiger partial charge in [0.2, 0.25) is 0 Å². The number of rotatable bonds is 0. The first kappa shape index (κ1) is 9.30. The molecule has 14 heavy (non-hydrogen) atoms. The lowest BCUT2D eigenvalue weighted by Gasteiger charge is -2.31. The Morgan fingerprint density at radius 2 is 1.64 bits per heavy atom. The van der Waals surface area contributed by atoms with Gasteiger partial charge in [0, 0.05) is 6.42 Å². The molecule has 0 atom stereocenters. The minimum atomic E-state index is -0.684. The van der Waals surface area contributed by atoms with Crippen molar-refractivity contribution >= 4 is 0 Å². The van der Waals surface area contributed by atoms with Gasteiger partial charge in [-0.3, -0.25) is 0 Å². The molecule has 1 aliphatic carbocycles. The Kier molecular flexibility index (Phi) is 1.90. The van der Waals surface area contributed by atoms with Crippen molar-refractivity contribution in [1.29, 1.82) is 0 Å². The van der Waals surface area contributed by atoms with Crippen LogP contribution in [0.5, 0.6) is 11.5 Å². The molecule has 0 bridgehead atoms. The zero-order chi connectivity index (χ0) is 10.3. The standard InChI is InChI=1S/C10H14N2O2/c11-10(12)2-1-6-3-8(13)9(14)4-7(6)5-10/h3-4,13-14H,1-2,5,11-12H2. The van der Waals surface area contributed by atoms with E-state index in [1.165, 1.54) is 6.07 Å². The summed E-state index contributed by atoms with van der Waals surface area (Å²) in [5.74, 6) is -0.188. The Bertz CT molecular complexity index is 375. The molecule has 0 aliphatic heterocycles. The van der Waals surface area contributed by atoms with Crippen molar-refractivity contribution in [3.05, 3.63) is 23.3 Å². The normalized spacial score (nSPS) is 19.0. The molecule has 0 radical (unpaired) electrons. The minimum Gasteiger partial charge on any atom is -0.504 e. The third-order valence-corrected chi connectivity index (χ3v) is 2.68. The van der Waals surface area contributed by atoms with Gasteiger partial charge in [0.05, 0.1) is 5.66 Å². The van der Waals surface area contributed by atoms with Gasteiger partial charge < -0.3 is 21.7 Å². The van der Waals surface area contributed by atoms with Gasteiger partial charge in [0.15, 0.2) is 11.5 Å². The number of nitrogens with two attached hydrogens (primary N) is 2. The second-order valence-electron chi connectivity index (χ2n) is 4.02. The highest BCUT2D eigenvalue weighted by Gasteiger charge is 2.27. The third-order valence-electron chi connectivity index (χ3n) is 2.68. The first-order valence-corrected chi connectivity index (χ1v) is 4.59. The zero-order valence-corrected chi connectivity index (χ0v) is 7.83. The van der Waals surface area contributed by atoms with Crippen molar-refractivity contribution in [3.63, 3.8) is 0 Å². The first-order chi connectivity index (χ1) is 6.48. The van der Waals surface area contributed by atoms with E-state index in [0.29, 0.717) is 12.8 Å². The van der Waals surface area contributed by atoms with Gasteiger partial charge in [0.25, 0.3) is 0 Å². The smallest absolute Gasteiger partial charge is 0.157 e. The summed E-state index contributed by atoms with van der Waals surface area (Å²) in [4.78, 5) is 0. The van der Waals surface area contributed by atoms with E-state index in [2.05, 4.69) is 0 Å². The van der Waals surface area contributed by atoms with Crippen LogP contribution in [0.15, 0.2) is 12.1 Å². The van der Waals surface area contributed by atoms with Gasteiger partial charge >= 0.3 is 0 Å². The molecule has 0 saturated carbocycles. The number of hydrogen-bond acceptors (Lipinski definition) is 4. The van der Waals surface area contributed by atoms with E-state index in [9.17, 15) is 10.2 Å². The van der Waals surface area contributed by atoms with Gasteiger partial charge in [-0.2, -0.15) is 0 Å². The van der Waals surface area contributed by atoms with Crippen LogP contribution < -0.4 is 11.5 Å². The first-order valence-electron chi connectivity index (χ1n) is 4.59. The van der Waals surface area contributed by atoms with Crippen LogP contribution in [0.4, 0.5) is 0 Å². The Morgan fingerprint density at radius 3 is 2.29 bits per heavy atom. The Morgan fingerprint density at radius 1 is 1.07 bits per heavy atom. The Hall–Kier alpha value is -1.26. The van der Waals surface area contributed by atoms with Crippen LogP contribution in [0.2, 0.25) is 0 Å². The van der Waals surface area contributed by atoms with Crippen molar-refractivity contribution in [3.8, 4) is 11.5 Å². The van der Waals surface area contributed by atoms with Crippen LogP contribution in [0.25, 0.3) is 0 Å². The van der Waals surface area contributed by atoms with E-state index in [0.717, 1.165) is 17.5 Å². The summed E-state index contributed by atoms with van der Waals surface area (Å²) in [6.45, 7) is 0. The topological polar surface area (TPSA) is 92.5 Å². The van der Waals surface area contributed by atoms with Crippen molar-refractivity contribution in [2.24, 2.45) is 11.5 Å². The van der Waals surface area contributed by atoms with Gasteiger partial charge in [-0.25, -0.2) is 0 Å². The molecule has 1 aliphatic rings. The molecule has 0 heterocycles. The summed E-state index contributed by atoms with van der Waals surface area (Å²) >= 11 is 0. The number of phenolic OH excluding ortho intramolecular Hbond substituents is 2. The molecule has 1 aromatic carbocycles. The molecular weight excluding hydrogens is 180 g/mol. The average molecular weight is 194 g/mol. The number of phenols is 2. The lowest BCUT2D eigenvalue weighted by molar-refractivity contribution is 0.375. The number of aryl methyl sites for hydroxylation is 1. The fraction of sp³-hybridized carbons (Fsp3) is 0.400. The van der Waals surface area contributed by atoms with E-state index in [-0.39, 0.29) is 11.5 Å². The second kappa shape index (κ2) is 2.87. The molecule has 0 saturated heterocycles. The maximum absolute atomic E-state index is 9.31. The largest absolute Gasteiger partial charge is 0.504 e. The molecule has 6 N–H and O–H groups in total. The summed E-state index contributed by atoms with van der Waals surface area (Å²) in [7, 11) is 0. The van der Waals surface area contributed by atoms with Crippen molar-refractivity contribution in [1.82, 2.24) is 0 Å². The summed E-state index contributed by atoms with van der Waals surface area (Å²) in [5.41, 5.74) is 12.9. The van der Waals surface area contributed by atoms with Crippen LogP contribution in [0.1, 0.15) is 17.5 Å². The summed E-state index contributed by atoms with van der Waals surface area (Å²) in [6, 6.07) is 3.12. The van der Waals surface area contributed by atoms with Gasteiger partial charge in [-0.1, -0.05) is 0 Å². The quantitative estimate of drug-likeness (QED) is 0.350. The van der Waals surface area contributed by atoms with E-state index in [1.54, 1.807) is 6.07 Å². The molecule has 2 rings (SSSR count). The van der Waals surface area contributed by atoms with E-state index in [1.807, 2.05) is 0 Å². The predicted molar refractivity (Wildman–Crippen MR) is 52.9 cm³/mol. The van der Waals surface area contributed by atoms with Crippen LogP contribution >= 0.6 is 0 Å². The molecule has 76 valence electrons. The maximum Gasteiger partial charge on any atom is 0.157 e. The summed E-state index contributed by atoms with van der Waals surface area (Å²) in [5, 5.41) is 18.6. The lowest BCUT2D eigenvalue weighted by Crippen LogP contribution is -2.53. The zero-order valence-electron chi connectivity index (χ0n) is 7.83. The highest BCUT2D eigenvalue weighted by molar-refractivity contribution is 5.47. The SMILES string of the molecule is NC1(N)CCc2cc(O)c(O)cc2C1. The Balaban J connectivity index is 2.43. The number of fused-ring (bicyclic) bond motifs is 1. The highest BCUT2D eigenvalue weighted by atomic mass is 16.3. The van der Waals surface area contributed by atoms with E-state index in [4.69, 9.17) is 11.5 Å². The fourth-order valence-electron chi connectivity index (χ4n) is 1.87. The second-order valence-corrected chi connectivity index (χ2v) is 4.02. The number of aromatic hydroxyl groups is 2. The molecule has 4 nitrogen and oxygen atoms in total. The van der Waals surface area contributed by atoms with E-state index >= 15 is 0 Å². The van der Waals surface area contributed by atoms with Gasteiger partial charge in [-0.15, -0.1) is 0 Å². The van der Waals surface area contributed by atoms with Crippen LogP contribution in [-0.2, 0) is 12.8 Å². The molecule has 0 aromatic heterocycles. The van der Waals surface area contributed by atoms with E-state index < -0.39 is 5.66 Å². The van der Waals surface area contributed by atoms with Crippen molar-refractivity contribution in [2.75, 3.05) is 0 Å². The monoisotopic (exact) mass is 194 g/mol. The number of hydrogen-bond donors (Lipinski definition) is 4. The summed E-state index contributed by atoms with van der Waals surface area (Å²) < 4.78 is 0. The molecule has 0 spiro atoms. The molecule has 4 heteroatoms. The van der Waals surface area contributed by atoms with Crippen LogP contribution in [-0.4, -0.2) is 15.9 Å². The lowest BCUT2D eigenvalue weighted by atomic mass is 9.84. The molecule has 0 amide bonds.